The maximum Gasteiger partial charge on any atom is 0.245 e. The van der Waals surface area contributed by atoms with Crippen LogP contribution in [-0.4, -0.2) is 35.4 Å². The molecule has 134 valence electrons. The highest BCUT2D eigenvalue weighted by Crippen LogP contribution is 2.34. The fourth-order valence-electron chi connectivity index (χ4n) is 3.75. The van der Waals surface area contributed by atoms with Crippen LogP contribution in [0.3, 0.4) is 0 Å². The highest BCUT2D eigenvalue weighted by molar-refractivity contribution is 5.28. The van der Waals surface area contributed by atoms with E-state index in [1.165, 1.54) is 18.4 Å². The number of ether oxygens (including phenoxy) is 2. The number of piperidine rings is 1. The van der Waals surface area contributed by atoms with Crippen LogP contribution in [0.5, 0.6) is 5.75 Å². The van der Waals surface area contributed by atoms with E-state index >= 15 is 0 Å². The molecule has 0 unspecified atom stereocenters. The van der Waals surface area contributed by atoms with Gasteiger partial charge in [-0.05, 0) is 49.9 Å². The summed E-state index contributed by atoms with van der Waals surface area (Å²) in [6, 6.07) is 8.43. The Morgan fingerprint density at radius 1 is 1.16 bits per heavy atom. The Labute approximate surface area is 148 Å². The van der Waals surface area contributed by atoms with Crippen LogP contribution < -0.4 is 4.74 Å². The van der Waals surface area contributed by atoms with Gasteiger partial charge in [-0.25, -0.2) is 0 Å². The van der Waals surface area contributed by atoms with Crippen LogP contribution in [0.15, 0.2) is 28.7 Å². The standard InChI is InChI=1S/C19H25N3O3/c1-23-15-7-4-6-14(12-15)13-22-10-3-2-8-16(22)18-20-21-19(25-18)17-9-5-11-24-17/h4,6-7,12,16-17H,2-3,5,8-11,13H2,1H3/t16-,17-/m1/s1. The van der Waals surface area contributed by atoms with Gasteiger partial charge in [0.1, 0.15) is 11.9 Å². The van der Waals surface area contributed by atoms with Crippen molar-refractivity contribution in [2.24, 2.45) is 0 Å². The average molecular weight is 343 g/mol. The molecule has 1 aromatic heterocycles. The quantitative estimate of drug-likeness (QED) is 0.826. The van der Waals surface area contributed by atoms with Gasteiger partial charge in [0.25, 0.3) is 0 Å². The molecule has 3 heterocycles. The van der Waals surface area contributed by atoms with Crippen molar-refractivity contribution in [3.05, 3.63) is 41.6 Å². The van der Waals surface area contributed by atoms with Crippen molar-refractivity contribution in [2.45, 2.75) is 50.8 Å². The van der Waals surface area contributed by atoms with E-state index in [9.17, 15) is 0 Å². The maximum atomic E-state index is 6.01. The van der Waals surface area contributed by atoms with Crippen molar-refractivity contribution in [1.82, 2.24) is 15.1 Å². The topological polar surface area (TPSA) is 60.6 Å². The predicted molar refractivity (Wildman–Crippen MR) is 92.2 cm³/mol. The van der Waals surface area contributed by atoms with Crippen LogP contribution in [0, 0.1) is 0 Å². The van der Waals surface area contributed by atoms with E-state index in [0.717, 1.165) is 50.6 Å². The lowest BCUT2D eigenvalue weighted by atomic mass is 10.0. The Morgan fingerprint density at radius 2 is 2.08 bits per heavy atom. The van der Waals surface area contributed by atoms with E-state index in [4.69, 9.17) is 13.9 Å². The summed E-state index contributed by atoms with van der Waals surface area (Å²) in [4.78, 5) is 2.44. The van der Waals surface area contributed by atoms with Gasteiger partial charge < -0.3 is 13.9 Å². The molecule has 2 aliphatic rings. The van der Waals surface area contributed by atoms with Gasteiger partial charge >= 0.3 is 0 Å². The van der Waals surface area contributed by atoms with Gasteiger partial charge in [-0.15, -0.1) is 10.2 Å². The van der Waals surface area contributed by atoms with Gasteiger partial charge in [0.2, 0.25) is 11.8 Å². The lowest BCUT2D eigenvalue weighted by molar-refractivity contribution is 0.0795. The Bertz CT molecular complexity index is 697. The van der Waals surface area contributed by atoms with Crippen LogP contribution in [0.1, 0.15) is 61.6 Å². The summed E-state index contributed by atoms with van der Waals surface area (Å²) in [5, 5.41) is 8.60. The molecular weight excluding hydrogens is 318 g/mol. The van der Waals surface area contributed by atoms with E-state index in [-0.39, 0.29) is 12.1 Å². The number of rotatable bonds is 5. The molecule has 2 aromatic rings. The summed E-state index contributed by atoms with van der Waals surface area (Å²) in [5.74, 6) is 2.26. The molecule has 1 aromatic carbocycles. The molecule has 6 heteroatoms. The first-order valence-corrected chi connectivity index (χ1v) is 9.15. The molecule has 0 bridgehead atoms. The molecule has 25 heavy (non-hydrogen) atoms. The first kappa shape index (κ1) is 16.5. The molecular formula is C19H25N3O3. The Kier molecular flexibility index (Phi) is 4.99. The third kappa shape index (κ3) is 3.70. The third-order valence-electron chi connectivity index (χ3n) is 5.08. The molecule has 0 radical (unpaired) electrons. The van der Waals surface area contributed by atoms with E-state index in [1.54, 1.807) is 7.11 Å². The van der Waals surface area contributed by atoms with Gasteiger partial charge in [-0.1, -0.05) is 18.6 Å². The average Bonchev–Trinajstić information content (AvgIpc) is 3.34. The number of hydrogen-bond acceptors (Lipinski definition) is 6. The molecule has 2 saturated heterocycles. The minimum atomic E-state index is -0.0170. The summed E-state index contributed by atoms with van der Waals surface area (Å²) in [5.41, 5.74) is 1.24. The van der Waals surface area contributed by atoms with Crippen molar-refractivity contribution in [3.63, 3.8) is 0 Å². The van der Waals surface area contributed by atoms with Gasteiger partial charge in [-0.2, -0.15) is 0 Å². The molecule has 2 aliphatic heterocycles. The minimum absolute atomic E-state index is 0.0170. The van der Waals surface area contributed by atoms with Crippen molar-refractivity contribution >= 4 is 0 Å². The van der Waals surface area contributed by atoms with Gasteiger partial charge in [0.15, 0.2) is 0 Å². The lowest BCUT2D eigenvalue weighted by Crippen LogP contribution is -2.33. The third-order valence-corrected chi connectivity index (χ3v) is 5.08. The predicted octanol–water partition coefficient (Wildman–Crippen LogP) is 3.66. The Morgan fingerprint density at radius 3 is 2.92 bits per heavy atom. The van der Waals surface area contributed by atoms with Gasteiger partial charge in [0, 0.05) is 13.2 Å². The largest absolute Gasteiger partial charge is 0.497 e. The minimum Gasteiger partial charge on any atom is -0.497 e. The number of methoxy groups -OCH3 is 1. The molecule has 6 nitrogen and oxygen atoms in total. The number of aromatic nitrogens is 2. The van der Waals surface area contributed by atoms with Gasteiger partial charge in [0.05, 0.1) is 13.2 Å². The van der Waals surface area contributed by atoms with Crippen LogP contribution in [0.25, 0.3) is 0 Å². The second-order valence-corrected chi connectivity index (χ2v) is 6.81. The van der Waals surface area contributed by atoms with Crippen LogP contribution in [0.2, 0.25) is 0 Å². The number of nitrogens with zero attached hydrogens (tertiary/aromatic N) is 3. The number of benzene rings is 1. The van der Waals surface area contributed by atoms with E-state index in [0.29, 0.717) is 5.89 Å². The fraction of sp³-hybridized carbons (Fsp3) is 0.579. The zero-order valence-corrected chi connectivity index (χ0v) is 14.7. The number of likely N-dealkylation sites (tertiary alicyclic amines) is 1. The van der Waals surface area contributed by atoms with Gasteiger partial charge in [-0.3, -0.25) is 4.90 Å². The normalized spacial score (nSPS) is 24.5. The van der Waals surface area contributed by atoms with Crippen molar-refractivity contribution < 1.29 is 13.9 Å². The lowest BCUT2D eigenvalue weighted by Gasteiger charge is -2.33. The SMILES string of the molecule is COc1cccc(CN2CCCC[C@@H]2c2nnc([C@H]3CCCO3)o2)c1. The molecule has 2 atom stereocenters. The first-order chi connectivity index (χ1) is 12.3. The monoisotopic (exact) mass is 343 g/mol. The molecule has 4 rings (SSSR count). The van der Waals surface area contributed by atoms with Crippen molar-refractivity contribution in [1.29, 1.82) is 0 Å². The van der Waals surface area contributed by atoms with Crippen molar-refractivity contribution in [3.8, 4) is 5.75 Å². The summed E-state index contributed by atoms with van der Waals surface area (Å²) in [6.07, 6.45) is 5.46. The highest BCUT2D eigenvalue weighted by Gasteiger charge is 2.31. The molecule has 0 spiro atoms. The molecule has 2 fully saturated rings. The smallest absolute Gasteiger partial charge is 0.245 e. The van der Waals surface area contributed by atoms with E-state index in [1.807, 2.05) is 12.1 Å². The summed E-state index contributed by atoms with van der Waals surface area (Å²) in [6.45, 7) is 2.69. The Hall–Kier alpha value is -1.92. The van der Waals surface area contributed by atoms with Crippen LogP contribution in [-0.2, 0) is 11.3 Å². The highest BCUT2D eigenvalue weighted by atomic mass is 16.5. The van der Waals surface area contributed by atoms with E-state index in [2.05, 4.69) is 27.2 Å². The molecule has 0 aliphatic carbocycles. The Balaban J connectivity index is 1.50. The molecule has 0 amide bonds. The molecule has 0 saturated carbocycles. The zero-order chi connectivity index (χ0) is 17.1. The second kappa shape index (κ2) is 7.54. The zero-order valence-electron chi connectivity index (χ0n) is 14.7. The number of hydrogen-bond donors (Lipinski definition) is 0. The van der Waals surface area contributed by atoms with Crippen molar-refractivity contribution in [2.75, 3.05) is 20.3 Å². The van der Waals surface area contributed by atoms with E-state index < -0.39 is 0 Å². The second-order valence-electron chi connectivity index (χ2n) is 6.81. The maximum absolute atomic E-state index is 6.01. The first-order valence-electron chi connectivity index (χ1n) is 9.15. The molecule has 0 N–H and O–H groups in total. The fourth-order valence-corrected chi connectivity index (χ4v) is 3.75. The summed E-state index contributed by atoms with van der Waals surface area (Å²) >= 11 is 0. The van der Waals surface area contributed by atoms with Crippen LogP contribution >= 0.6 is 0 Å². The van der Waals surface area contributed by atoms with Crippen LogP contribution in [0.4, 0.5) is 0 Å². The summed E-state index contributed by atoms with van der Waals surface area (Å²) < 4.78 is 17.0. The summed E-state index contributed by atoms with van der Waals surface area (Å²) in [7, 11) is 1.70.